The summed E-state index contributed by atoms with van der Waals surface area (Å²) >= 11 is 0. The molecule has 79 valence electrons. The smallest absolute Gasteiger partial charge is 0.0710 e. The van der Waals surface area contributed by atoms with Crippen LogP contribution in [0.4, 0.5) is 0 Å². The Morgan fingerprint density at radius 1 is 1.12 bits per heavy atom. The highest BCUT2D eigenvalue weighted by Crippen LogP contribution is 2.29. The number of hydrogen-bond acceptors (Lipinski definition) is 0. The SMILES string of the molecule is Cc1cc(-c2[nH][c]c3ccccc23)c(C)[nH]1. The van der Waals surface area contributed by atoms with Gasteiger partial charge in [-0.25, -0.2) is 0 Å². The third kappa shape index (κ3) is 1.27. The van der Waals surface area contributed by atoms with Crippen LogP contribution in [0.25, 0.3) is 22.0 Å². The first-order valence-electron chi connectivity index (χ1n) is 5.40. The van der Waals surface area contributed by atoms with Crippen LogP contribution in [0.3, 0.4) is 0 Å². The van der Waals surface area contributed by atoms with Crippen molar-refractivity contribution in [3.63, 3.8) is 0 Å². The summed E-state index contributed by atoms with van der Waals surface area (Å²) in [6.45, 7) is 4.17. The van der Waals surface area contributed by atoms with Gasteiger partial charge in [-0.05, 0) is 19.9 Å². The first-order valence-corrected chi connectivity index (χ1v) is 5.40. The van der Waals surface area contributed by atoms with Crippen LogP contribution in [0, 0.1) is 20.0 Å². The number of hydrogen-bond donors (Lipinski definition) is 2. The highest BCUT2D eigenvalue weighted by atomic mass is 14.7. The molecule has 0 saturated carbocycles. The van der Waals surface area contributed by atoms with Crippen LogP contribution >= 0.6 is 0 Å². The average Bonchev–Trinajstić information content (AvgIpc) is 2.81. The highest BCUT2D eigenvalue weighted by molar-refractivity contribution is 5.95. The van der Waals surface area contributed by atoms with Crippen LogP contribution in [0.2, 0.25) is 0 Å². The summed E-state index contributed by atoms with van der Waals surface area (Å²) in [4.78, 5) is 6.57. The normalized spacial score (nSPS) is 11.1. The maximum Gasteiger partial charge on any atom is 0.0710 e. The predicted octanol–water partition coefficient (Wildman–Crippen LogP) is 3.58. The molecule has 0 aliphatic rings. The van der Waals surface area contributed by atoms with Crippen molar-refractivity contribution in [2.24, 2.45) is 0 Å². The van der Waals surface area contributed by atoms with Gasteiger partial charge in [-0.1, -0.05) is 24.3 Å². The van der Waals surface area contributed by atoms with E-state index in [-0.39, 0.29) is 0 Å². The Balaban J connectivity index is 2.30. The molecule has 16 heavy (non-hydrogen) atoms. The van der Waals surface area contributed by atoms with Gasteiger partial charge in [0.05, 0.1) is 11.9 Å². The molecule has 0 aliphatic heterocycles. The van der Waals surface area contributed by atoms with Gasteiger partial charge in [-0.3, -0.25) is 0 Å². The number of aromatic amines is 2. The number of benzene rings is 1. The third-order valence-corrected chi connectivity index (χ3v) is 2.94. The van der Waals surface area contributed by atoms with E-state index in [1.165, 1.54) is 22.3 Å². The van der Waals surface area contributed by atoms with Crippen molar-refractivity contribution in [1.29, 1.82) is 0 Å². The average molecular weight is 209 g/mol. The second-order valence-electron chi connectivity index (χ2n) is 4.16. The first-order chi connectivity index (χ1) is 7.75. The Bertz CT molecular complexity index is 644. The van der Waals surface area contributed by atoms with E-state index in [1.54, 1.807) is 0 Å². The summed E-state index contributed by atoms with van der Waals surface area (Å²) in [7, 11) is 0. The molecule has 1 aromatic carbocycles. The van der Waals surface area contributed by atoms with Crippen LogP contribution < -0.4 is 0 Å². The van der Waals surface area contributed by atoms with Crippen LogP contribution in [0.15, 0.2) is 30.3 Å². The Hall–Kier alpha value is -1.96. The Morgan fingerprint density at radius 2 is 1.94 bits per heavy atom. The van der Waals surface area contributed by atoms with E-state index < -0.39 is 0 Å². The molecule has 3 rings (SSSR count). The van der Waals surface area contributed by atoms with Gasteiger partial charge in [0.2, 0.25) is 0 Å². The number of H-pyrrole nitrogens is 2. The Morgan fingerprint density at radius 3 is 2.69 bits per heavy atom. The molecule has 0 spiro atoms. The molecule has 2 N–H and O–H groups in total. The second kappa shape index (κ2) is 3.27. The number of aryl methyl sites for hydroxylation is 2. The van der Waals surface area contributed by atoms with Crippen LogP contribution in [0.1, 0.15) is 11.4 Å². The summed E-state index contributed by atoms with van der Waals surface area (Å²) in [6, 6.07) is 10.5. The van der Waals surface area contributed by atoms with E-state index in [0.29, 0.717) is 0 Å². The lowest BCUT2D eigenvalue weighted by molar-refractivity contribution is 1.19. The lowest BCUT2D eigenvalue weighted by Gasteiger charge is -1.97. The van der Waals surface area contributed by atoms with E-state index in [4.69, 9.17) is 0 Å². The number of aromatic nitrogens is 2. The maximum absolute atomic E-state index is 3.33. The number of rotatable bonds is 1. The summed E-state index contributed by atoms with van der Waals surface area (Å²) in [5, 5.41) is 2.36. The van der Waals surface area contributed by atoms with Gasteiger partial charge in [-0.2, -0.15) is 0 Å². The molecule has 2 heteroatoms. The van der Waals surface area contributed by atoms with Gasteiger partial charge in [-0.15, -0.1) is 0 Å². The molecule has 0 fully saturated rings. The van der Waals surface area contributed by atoms with Crippen molar-refractivity contribution >= 4 is 10.8 Å². The van der Waals surface area contributed by atoms with Gasteiger partial charge in [0, 0.05) is 27.7 Å². The molecule has 0 unspecified atom stereocenters. The van der Waals surface area contributed by atoms with Crippen molar-refractivity contribution < 1.29 is 0 Å². The lowest BCUT2D eigenvalue weighted by atomic mass is 10.1. The second-order valence-corrected chi connectivity index (χ2v) is 4.16. The van der Waals surface area contributed by atoms with E-state index >= 15 is 0 Å². The molecule has 0 aliphatic carbocycles. The molecule has 0 saturated heterocycles. The van der Waals surface area contributed by atoms with E-state index in [0.717, 1.165) is 11.1 Å². The minimum absolute atomic E-state index is 1.13. The molecule has 2 nitrogen and oxygen atoms in total. The molecule has 2 aromatic heterocycles. The quantitative estimate of drug-likeness (QED) is 0.614. The monoisotopic (exact) mass is 209 g/mol. The molecular formula is C14H13N2. The number of fused-ring (bicyclic) bond motifs is 1. The Kier molecular flexibility index (Phi) is 1.90. The summed E-state index contributed by atoms with van der Waals surface area (Å²) in [5.74, 6) is 0. The van der Waals surface area contributed by atoms with Gasteiger partial charge in [0.25, 0.3) is 0 Å². The fraction of sp³-hybridized carbons (Fsp3) is 0.143. The standard InChI is InChI=1S/C14H13N2/c1-9-7-13(10(2)16-9)14-12-6-4-3-5-11(12)8-15-14/h3-7,15-16H,1-2H3. The van der Waals surface area contributed by atoms with Gasteiger partial charge >= 0.3 is 0 Å². The molecule has 3 aromatic rings. The van der Waals surface area contributed by atoms with Crippen molar-refractivity contribution in [3.05, 3.63) is 47.9 Å². The van der Waals surface area contributed by atoms with Gasteiger partial charge in [0.1, 0.15) is 0 Å². The summed E-state index contributed by atoms with van der Waals surface area (Å²) in [6.07, 6.45) is 3.18. The first kappa shape index (κ1) is 9.28. The van der Waals surface area contributed by atoms with Gasteiger partial charge < -0.3 is 9.97 Å². The predicted molar refractivity (Wildman–Crippen MR) is 66.4 cm³/mol. The fourth-order valence-corrected chi connectivity index (χ4v) is 2.20. The maximum atomic E-state index is 3.33. The minimum atomic E-state index is 1.13. The van der Waals surface area contributed by atoms with Crippen LogP contribution in [0.5, 0.6) is 0 Å². The van der Waals surface area contributed by atoms with Crippen molar-refractivity contribution in [3.8, 4) is 11.3 Å². The lowest BCUT2D eigenvalue weighted by Crippen LogP contribution is -1.79. The number of nitrogens with one attached hydrogen (secondary N) is 2. The zero-order valence-corrected chi connectivity index (χ0v) is 9.39. The minimum Gasteiger partial charge on any atom is -0.362 e. The summed E-state index contributed by atoms with van der Waals surface area (Å²) < 4.78 is 0. The molecule has 0 atom stereocenters. The molecular weight excluding hydrogens is 196 g/mol. The molecule has 1 radical (unpaired) electrons. The van der Waals surface area contributed by atoms with Crippen LogP contribution in [-0.4, -0.2) is 9.97 Å². The fourth-order valence-electron chi connectivity index (χ4n) is 2.20. The van der Waals surface area contributed by atoms with E-state index in [9.17, 15) is 0 Å². The Labute approximate surface area is 94.3 Å². The van der Waals surface area contributed by atoms with Gasteiger partial charge in [0.15, 0.2) is 0 Å². The zero-order valence-electron chi connectivity index (χ0n) is 9.39. The third-order valence-electron chi connectivity index (χ3n) is 2.94. The van der Waals surface area contributed by atoms with Crippen LogP contribution in [-0.2, 0) is 0 Å². The van der Waals surface area contributed by atoms with E-state index in [1.807, 2.05) is 6.07 Å². The van der Waals surface area contributed by atoms with Crippen molar-refractivity contribution in [1.82, 2.24) is 9.97 Å². The van der Waals surface area contributed by atoms with Crippen molar-refractivity contribution in [2.45, 2.75) is 13.8 Å². The topological polar surface area (TPSA) is 31.6 Å². The van der Waals surface area contributed by atoms with E-state index in [2.05, 4.69) is 54.3 Å². The molecule has 0 amide bonds. The summed E-state index contributed by atoms with van der Waals surface area (Å²) in [5.41, 5.74) is 4.76. The molecule has 0 bridgehead atoms. The van der Waals surface area contributed by atoms with Crippen molar-refractivity contribution in [2.75, 3.05) is 0 Å². The largest absolute Gasteiger partial charge is 0.362 e. The zero-order chi connectivity index (χ0) is 11.1. The molecule has 2 heterocycles. The highest BCUT2D eigenvalue weighted by Gasteiger charge is 2.09.